The molecule has 0 N–H and O–H groups in total. The summed E-state index contributed by atoms with van der Waals surface area (Å²) in [5.74, 6) is -1.65. The van der Waals surface area contributed by atoms with Crippen LogP contribution in [0.25, 0.3) is 0 Å². The molecule has 0 bridgehead atoms. The zero-order valence-electron chi connectivity index (χ0n) is 8.67. The van der Waals surface area contributed by atoms with E-state index in [9.17, 15) is 22.9 Å². The van der Waals surface area contributed by atoms with E-state index in [1.54, 1.807) is 0 Å². The first-order valence-corrected chi connectivity index (χ1v) is 4.68. The smallest absolute Gasteiger partial charge is 0.716 e. The molecule has 6 nitrogen and oxygen atoms in total. The number of aromatic carboxylic acids is 1. The molecule has 16 heavy (non-hydrogen) atoms. The van der Waals surface area contributed by atoms with E-state index in [1.807, 2.05) is 0 Å². The van der Waals surface area contributed by atoms with Crippen LogP contribution in [-0.2, 0) is 10.4 Å². The van der Waals surface area contributed by atoms with Crippen molar-refractivity contribution in [3.63, 3.8) is 0 Å². The van der Waals surface area contributed by atoms with Gasteiger partial charge in [-0.2, -0.15) is 0 Å². The normalized spacial score (nSPS) is 9.56. The van der Waals surface area contributed by atoms with Gasteiger partial charge in [0.1, 0.15) is 5.75 Å². The monoisotopic (exact) mass is 262 g/mol. The van der Waals surface area contributed by atoms with Crippen molar-refractivity contribution < 1.29 is 86.2 Å². The molecule has 0 unspecified atom stereocenters. The van der Waals surface area contributed by atoms with Gasteiger partial charge in [-0.1, -0.05) is 0 Å². The number of carboxylic acid groups (broad SMARTS) is 1. The molecule has 0 spiro atoms. The van der Waals surface area contributed by atoms with Crippen molar-refractivity contribution in [1.29, 1.82) is 0 Å². The van der Waals surface area contributed by atoms with Crippen molar-refractivity contribution in [2.45, 2.75) is 0 Å². The topological polar surface area (TPSA) is 107 Å². The Balaban J connectivity index is 0. The van der Waals surface area contributed by atoms with Gasteiger partial charge in [-0.05, 0) is 29.8 Å². The second-order valence-corrected chi connectivity index (χ2v) is 3.29. The molecule has 1 rings (SSSR count). The van der Waals surface area contributed by atoms with Crippen molar-refractivity contribution >= 4 is 16.4 Å². The minimum Gasteiger partial charge on any atom is -0.716 e. The molecule has 9 heteroatoms. The first kappa shape index (κ1) is 18.8. The summed E-state index contributed by atoms with van der Waals surface area (Å²) >= 11 is 0. The van der Waals surface area contributed by atoms with Crippen LogP contribution < -0.4 is 68.4 Å². The van der Waals surface area contributed by atoms with Crippen LogP contribution in [-0.4, -0.2) is 18.9 Å². The van der Waals surface area contributed by atoms with Crippen LogP contribution in [0.15, 0.2) is 24.3 Å². The molecule has 0 heterocycles. The maximum absolute atomic E-state index is 10.3. The Morgan fingerprint density at radius 3 is 1.88 bits per heavy atom. The minimum atomic E-state index is -4.82. The second-order valence-electron chi connectivity index (χ2n) is 2.30. The summed E-state index contributed by atoms with van der Waals surface area (Å²) in [4.78, 5) is 10.3. The van der Waals surface area contributed by atoms with E-state index in [0.29, 0.717) is 0 Å². The van der Waals surface area contributed by atoms with Crippen LogP contribution in [0, 0.1) is 0 Å². The molecule has 76 valence electrons. The van der Waals surface area contributed by atoms with Crippen molar-refractivity contribution in [2.24, 2.45) is 0 Å². The van der Waals surface area contributed by atoms with Crippen LogP contribution in [0.2, 0.25) is 0 Å². The van der Waals surface area contributed by atoms with Gasteiger partial charge in [-0.15, -0.1) is 0 Å². The molecule has 0 saturated carbocycles. The number of carboxylic acids is 1. The molecule has 0 fully saturated rings. The summed E-state index contributed by atoms with van der Waals surface area (Å²) in [6.45, 7) is 0. The molecule has 0 saturated heterocycles. The quantitative estimate of drug-likeness (QED) is 0.304. The van der Waals surface area contributed by atoms with Crippen LogP contribution in [0.5, 0.6) is 5.75 Å². The maximum Gasteiger partial charge on any atom is 1.00 e. The molecular formula is C7H4Na2O6S. The van der Waals surface area contributed by atoms with Gasteiger partial charge in [-0.25, -0.2) is 8.42 Å². The van der Waals surface area contributed by atoms with E-state index in [-0.39, 0.29) is 70.4 Å². The molecule has 0 aliphatic carbocycles. The first-order chi connectivity index (χ1) is 6.38. The number of hydrogen-bond donors (Lipinski definition) is 0. The van der Waals surface area contributed by atoms with Gasteiger partial charge in [0.15, 0.2) is 0 Å². The fraction of sp³-hybridized carbons (Fsp3) is 0. The number of rotatable bonds is 3. The van der Waals surface area contributed by atoms with Crippen molar-refractivity contribution in [3.05, 3.63) is 29.8 Å². The zero-order chi connectivity index (χ0) is 10.8. The van der Waals surface area contributed by atoms with Crippen LogP contribution in [0.1, 0.15) is 10.4 Å². The third-order valence-electron chi connectivity index (χ3n) is 1.29. The van der Waals surface area contributed by atoms with Gasteiger partial charge < -0.3 is 18.6 Å². The van der Waals surface area contributed by atoms with Crippen molar-refractivity contribution in [1.82, 2.24) is 0 Å². The number of carbonyl (C=O) groups is 1. The summed E-state index contributed by atoms with van der Waals surface area (Å²) in [6, 6.07) is 4.22. The molecule has 1 aromatic carbocycles. The molecule has 0 radical (unpaired) electrons. The number of benzene rings is 1. The minimum absolute atomic E-state index is 0. The Morgan fingerprint density at radius 1 is 1.12 bits per heavy atom. The molecule has 0 aromatic heterocycles. The van der Waals surface area contributed by atoms with Gasteiger partial charge in [0.25, 0.3) is 10.4 Å². The summed E-state index contributed by atoms with van der Waals surface area (Å²) in [5.41, 5.74) is -0.138. The predicted molar refractivity (Wildman–Crippen MR) is 41.1 cm³/mol. The predicted octanol–water partition coefficient (Wildman–Crippen LogP) is -7.10. The molecule has 0 aliphatic rings. The molecule has 0 aliphatic heterocycles. The Hall–Kier alpha value is 0.400. The van der Waals surface area contributed by atoms with Gasteiger partial charge >= 0.3 is 59.1 Å². The number of hydrogen-bond acceptors (Lipinski definition) is 6. The molecular weight excluding hydrogens is 258 g/mol. The largest absolute Gasteiger partial charge is 1.00 e. The van der Waals surface area contributed by atoms with Crippen molar-refractivity contribution in [2.75, 3.05) is 0 Å². The van der Waals surface area contributed by atoms with Gasteiger partial charge in [-0.3, -0.25) is 0 Å². The summed E-state index contributed by atoms with van der Waals surface area (Å²) in [7, 11) is -4.82. The van der Waals surface area contributed by atoms with E-state index in [0.717, 1.165) is 24.3 Å². The second kappa shape index (κ2) is 7.67. The van der Waals surface area contributed by atoms with E-state index in [1.165, 1.54) is 0 Å². The van der Waals surface area contributed by atoms with Gasteiger partial charge in [0.05, 0.1) is 5.97 Å². The van der Waals surface area contributed by atoms with E-state index < -0.39 is 16.4 Å². The van der Waals surface area contributed by atoms with Crippen molar-refractivity contribution in [3.8, 4) is 5.75 Å². The Labute approximate surface area is 137 Å². The number of carbonyl (C=O) groups excluding carboxylic acids is 1. The standard InChI is InChI=1S/C7H6O6S.2Na/c8-7(9)5-1-3-6(4-2-5)13-14(10,11)12;;/h1-4H,(H,8,9)(H,10,11,12);;/q;2*+1/p-2. The van der Waals surface area contributed by atoms with Crippen LogP contribution in [0.3, 0.4) is 0 Å². The summed E-state index contributed by atoms with van der Waals surface area (Å²) < 4.78 is 34.3. The van der Waals surface area contributed by atoms with Gasteiger partial charge in [0.2, 0.25) is 0 Å². The van der Waals surface area contributed by atoms with E-state index in [4.69, 9.17) is 0 Å². The Bertz CT molecular complexity index is 440. The van der Waals surface area contributed by atoms with Gasteiger partial charge in [0, 0.05) is 0 Å². The van der Waals surface area contributed by atoms with E-state index >= 15 is 0 Å². The third-order valence-corrected chi connectivity index (χ3v) is 1.68. The fourth-order valence-corrected chi connectivity index (χ4v) is 1.11. The first-order valence-electron chi connectivity index (χ1n) is 3.35. The Morgan fingerprint density at radius 2 is 1.56 bits per heavy atom. The van der Waals surface area contributed by atoms with E-state index in [2.05, 4.69) is 4.18 Å². The maximum atomic E-state index is 10.3. The summed E-state index contributed by atoms with van der Waals surface area (Å²) in [5, 5.41) is 10.3. The molecule has 1 aromatic rings. The van der Waals surface area contributed by atoms with Crippen LogP contribution in [0.4, 0.5) is 0 Å². The molecule has 0 atom stereocenters. The summed E-state index contributed by atoms with van der Waals surface area (Å²) in [6.07, 6.45) is 0. The Kier molecular flexibility index (Phi) is 9.00. The average molecular weight is 262 g/mol. The average Bonchev–Trinajstić information content (AvgIpc) is 2.02. The fourth-order valence-electron chi connectivity index (χ4n) is 0.764. The third kappa shape index (κ3) is 6.87. The molecule has 0 amide bonds. The van der Waals surface area contributed by atoms with Crippen LogP contribution >= 0.6 is 0 Å². The zero-order valence-corrected chi connectivity index (χ0v) is 13.5. The SMILES string of the molecule is O=C([O-])c1ccc(OS(=O)(=O)[O-])cc1.[Na+].[Na+].